The Morgan fingerprint density at radius 3 is 2.87 bits per heavy atom. The Kier molecular flexibility index (Phi) is 4.12. The summed E-state index contributed by atoms with van der Waals surface area (Å²) < 4.78 is 1.73. The largest absolute Gasteiger partial charge is 0.365 e. The predicted octanol–water partition coefficient (Wildman–Crippen LogP) is 2.15. The van der Waals surface area contributed by atoms with Gasteiger partial charge in [0.2, 0.25) is 5.95 Å². The van der Waals surface area contributed by atoms with E-state index in [0.717, 1.165) is 22.9 Å². The number of rotatable bonds is 5. The molecule has 3 aromatic heterocycles. The summed E-state index contributed by atoms with van der Waals surface area (Å²) in [4.78, 5) is 16.4. The van der Waals surface area contributed by atoms with E-state index in [1.54, 1.807) is 17.2 Å². The van der Waals surface area contributed by atoms with Crippen LogP contribution in [0, 0.1) is 5.92 Å². The quantitative estimate of drug-likeness (QED) is 0.662. The van der Waals surface area contributed by atoms with E-state index in [9.17, 15) is 0 Å². The number of H-pyrrole nitrogens is 1. The third kappa shape index (κ3) is 3.24. The molecule has 1 aliphatic carbocycles. The summed E-state index contributed by atoms with van der Waals surface area (Å²) in [5.74, 6) is 2.04. The summed E-state index contributed by atoms with van der Waals surface area (Å²) >= 11 is 0. The van der Waals surface area contributed by atoms with E-state index in [1.807, 2.05) is 13.2 Å². The summed E-state index contributed by atoms with van der Waals surface area (Å²) in [6, 6.07) is 0.396. The second kappa shape index (κ2) is 6.07. The van der Waals surface area contributed by atoms with Crippen molar-refractivity contribution in [3.8, 4) is 0 Å². The third-order valence-electron chi connectivity index (χ3n) is 3.94. The molecule has 1 aliphatic rings. The number of aromatic nitrogens is 6. The Hall–Kier alpha value is -2.29. The number of aryl methyl sites for hydroxylation is 1. The van der Waals surface area contributed by atoms with Gasteiger partial charge in [-0.15, -0.1) is 0 Å². The first kappa shape index (κ1) is 15.6. The van der Waals surface area contributed by atoms with Gasteiger partial charge < -0.3 is 15.6 Å². The molecule has 122 valence electrons. The van der Waals surface area contributed by atoms with E-state index in [1.165, 1.54) is 12.8 Å². The molecule has 3 aromatic rings. The van der Waals surface area contributed by atoms with Gasteiger partial charge >= 0.3 is 0 Å². The summed E-state index contributed by atoms with van der Waals surface area (Å²) in [5, 5.41) is 10.8. The van der Waals surface area contributed by atoms with Gasteiger partial charge in [-0.3, -0.25) is 4.68 Å². The van der Waals surface area contributed by atoms with Crippen LogP contribution in [0.2, 0.25) is 0 Å². The molecule has 0 radical (unpaired) electrons. The number of hydrogen-bond acceptors (Lipinski definition) is 6. The highest BCUT2D eigenvalue weighted by Gasteiger charge is 2.28. The van der Waals surface area contributed by atoms with Gasteiger partial charge in [0.25, 0.3) is 0 Å². The van der Waals surface area contributed by atoms with Gasteiger partial charge in [0, 0.05) is 19.3 Å². The van der Waals surface area contributed by atoms with Crippen molar-refractivity contribution in [3.63, 3.8) is 0 Å². The fourth-order valence-corrected chi connectivity index (χ4v) is 2.54. The maximum atomic E-state index is 4.59. The molecular formula is C14H20N8S. The average Bonchev–Trinajstić information content (AvgIpc) is 3.11. The zero-order valence-corrected chi connectivity index (χ0v) is 14.0. The Labute approximate surface area is 140 Å². The molecule has 0 saturated heterocycles. The first-order valence-electron chi connectivity index (χ1n) is 7.42. The molecule has 4 rings (SSSR count). The number of hydrogen-bond donors (Lipinski definition) is 3. The summed E-state index contributed by atoms with van der Waals surface area (Å²) in [6.07, 6.45) is 7.81. The van der Waals surface area contributed by atoms with Crippen molar-refractivity contribution in [2.24, 2.45) is 13.0 Å². The lowest BCUT2D eigenvalue weighted by Crippen LogP contribution is -2.19. The molecule has 23 heavy (non-hydrogen) atoms. The van der Waals surface area contributed by atoms with Crippen LogP contribution in [0.25, 0.3) is 11.2 Å². The van der Waals surface area contributed by atoms with Crippen molar-refractivity contribution in [2.75, 3.05) is 10.6 Å². The van der Waals surface area contributed by atoms with Crippen molar-refractivity contribution in [2.45, 2.75) is 25.8 Å². The van der Waals surface area contributed by atoms with E-state index in [0.29, 0.717) is 17.6 Å². The molecule has 9 heteroatoms. The Balaban J connectivity index is 0.00000156. The first-order chi connectivity index (χ1) is 10.7. The Morgan fingerprint density at radius 2 is 2.17 bits per heavy atom. The maximum Gasteiger partial charge on any atom is 0.231 e. The predicted molar refractivity (Wildman–Crippen MR) is 94.4 cm³/mol. The van der Waals surface area contributed by atoms with Crippen LogP contribution in [0.5, 0.6) is 0 Å². The number of nitrogens with one attached hydrogen (secondary N) is 3. The smallest absolute Gasteiger partial charge is 0.231 e. The second-order valence-corrected chi connectivity index (χ2v) is 5.80. The number of imidazole rings is 1. The van der Waals surface area contributed by atoms with Crippen molar-refractivity contribution in [1.29, 1.82) is 0 Å². The molecule has 1 unspecified atom stereocenters. The standard InChI is InChI=1S/C14H18N8.H2S/c1-8(9-3-4-9)18-13-11-12(16-7-15-11)20-14(21-13)19-10-5-17-22(2)6-10;/h5-9H,3-4H2,1-2H3,(H3,15,16,18,19,20,21);1H2. The van der Waals surface area contributed by atoms with Gasteiger partial charge in [0.15, 0.2) is 11.5 Å². The minimum Gasteiger partial charge on any atom is -0.365 e. The monoisotopic (exact) mass is 332 g/mol. The van der Waals surface area contributed by atoms with Crippen LogP contribution in [0.4, 0.5) is 17.5 Å². The molecule has 0 aromatic carbocycles. The van der Waals surface area contributed by atoms with E-state index in [4.69, 9.17) is 0 Å². The van der Waals surface area contributed by atoms with Gasteiger partial charge in [0.1, 0.15) is 5.52 Å². The van der Waals surface area contributed by atoms with Gasteiger partial charge in [-0.25, -0.2) is 4.98 Å². The van der Waals surface area contributed by atoms with Crippen molar-refractivity contribution in [1.82, 2.24) is 29.7 Å². The maximum absolute atomic E-state index is 4.59. The number of anilines is 3. The highest BCUT2D eigenvalue weighted by Crippen LogP contribution is 2.34. The SMILES string of the molecule is CC(Nc1nc(Nc2cnn(C)c2)nc2nc[nH]c12)C1CC1.S. The van der Waals surface area contributed by atoms with Crippen LogP contribution in [0.3, 0.4) is 0 Å². The molecule has 3 heterocycles. The van der Waals surface area contributed by atoms with Gasteiger partial charge in [0.05, 0.1) is 18.2 Å². The van der Waals surface area contributed by atoms with Crippen LogP contribution < -0.4 is 10.6 Å². The number of fused-ring (bicyclic) bond motifs is 1. The molecule has 1 atom stereocenters. The Morgan fingerprint density at radius 1 is 1.35 bits per heavy atom. The van der Waals surface area contributed by atoms with Crippen LogP contribution in [-0.2, 0) is 7.05 Å². The van der Waals surface area contributed by atoms with E-state index in [-0.39, 0.29) is 13.5 Å². The van der Waals surface area contributed by atoms with Gasteiger partial charge in [-0.2, -0.15) is 28.6 Å². The fourth-order valence-electron chi connectivity index (χ4n) is 2.54. The van der Waals surface area contributed by atoms with Crippen molar-refractivity contribution < 1.29 is 0 Å². The zero-order chi connectivity index (χ0) is 15.1. The molecule has 1 fully saturated rings. The summed E-state index contributed by atoms with van der Waals surface area (Å²) in [5.41, 5.74) is 2.33. The molecule has 0 spiro atoms. The molecule has 0 amide bonds. The number of nitrogens with zero attached hydrogens (tertiary/aromatic N) is 5. The lowest BCUT2D eigenvalue weighted by molar-refractivity contribution is 0.691. The molecule has 3 N–H and O–H groups in total. The highest BCUT2D eigenvalue weighted by atomic mass is 32.1. The lowest BCUT2D eigenvalue weighted by atomic mass is 10.2. The van der Waals surface area contributed by atoms with Gasteiger partial charge in [-0.05, 0) is 25.7 Å². The van der Waals surface area contributed by atoms with Gasteiger partial charge in [-0.1, -0.05) is 0 Å². The van der Waals surface area contributed by atoms with Crippen LogP contribution >= 0.6 is 13.5 Å². The van der Waals surface area contributed by atoms with E-state index in [2.05, 4.69) is 42.6 Å². The fraction of sp³-hybridized carbons (Fsp3) is 0.429. The molecule has 8 nitrogen and oxygen atoms in total. The average molecular weight is 332 g/mol. The van der Waals surface area contributed by atoms with E-state index < -0.39 is 0 Å². The zero-order valence-electron chi connectivity index (χ0n) is 13.0. The normalized spacial score (nSPS) is 15.2. The van der Waals surface area contributed by atoms with E-state index >= 15 is 0 Å². The minimum atomic E-state index is 0. The van der Waals surface area contributed by atoms with Crippen molar-refractivity contribution >= 4 is 42.1 Å². The lowest BCUT2D eigenvalue weighted by Gasteiger charge is -2.14. The Bertz CT molecular complexity index is 806. The topological polar surface area (TPSA) is 96.3 Å². The molecule has 1 saturated carbocycles. The molecular weight excluding hydrogens is 312 g/mol. The first-order valence-corrected chi connectivity index (χ1v) is 7.42. The minimum absolute atomic E-state index is 0. The summed E-state index contributed by atoms with van der Waals surface area (Å²) in [6.45, 7) is 2.19. The molecule has 0 bridgehead atoms. The highest BCUT2D eigenvalue weighted by molar-refractivity contribution is 7.59. The third-order valence-corrected chi connectivity index (χ3v) is 3.94. The van der Waals surface area contributed by atoms with Crippen LogP contribution in [0.1, 0.15) is 19.8 Å². The summed E-state index contributed by atoms with van der Waals surface area (Å²) in [7, 11) is 1.87. The second-order valence-electron chi connectivity index (χ2n) is 5.80. The number of aromatic amines is 1. The van der Waals surface area contributed by atoms with Crippen molar-refractivity contribution in [3.05, 3.63) is 18.7 Å². The van der Waals surface area contributed by atoms with Crippen LogP contribution in [-0.4, -0.2) is 35.8 Å². The molecule has 0 aliphatic heterocycles. The van der Waals surface area contributed by atoms with Crippen LogP contribution in [0.15, 0.2) is 18.7 Å².